The van der Waals surface area contributed by atoms with Crippen molar-refractivity contribution in [2.24, 2.45) is 5.73 Å². The van der Waals surface area contributed by atoms with Gasteiger partial charge in [-0.1, -0.05) is 18.2 Å². The number of nitrogens with zero attached hydrogens (tertiary/aromatic N) is 1. The maximum atomic E-state index is 12.4. The Morgan fingerprint density at radius 1 is 1.00 bits per heavy atom. The van der Waals surface area contributed by atoms with E-state index in [-0.39, 0.29) is 4.90 Å². The fraction of sp³-hybridized carbons (Fsp3) is 0.263. The van der Waals surface area contributed by atoms with Gasteiger partial charge >= 0.3 is 12.0 Å². The van der Waals surface area contributed by atoms with Crippen LogP contribution in [0.2, 0.25) is 0 Å². The highest BCUT2D eigenvalue weighted by atomic mass is 32.2. The Kier molecular flexibility index (Phi) is 6.42. The number of para-hydroxylation sites is 1. The van der Waals surface area contributed by atoms with E-state index in [2.05, 4.69) is 4.72 Å². The maximum Gasteiger partial charge on any atom is 0.323 e. The van der Waals surface area contributed by atoms with Gasteiger partial charge in [-0.2, -0.15) is 4.72 Å². The molecule has 28 heavy (non-hydrogen) atoms. The number of carbonyl (C=O) groups is 2. The molecule has 0 saturated heterocycles. The second-order valence-corrected chi connectivity index (χ2v) is 8.68. The quantitative estimate of drug-likeness (QED) is 0.716. The molecule has 0 aromatic heterocycles. The third-order valence-electron chi connectivity index (χ3n) is 3.47. The normalized spacial score (nSPS) is 11.7. The summed E-state index contributed by atoms with van der Waals surface area (Å²) in [6.45, 7) is 4.58. The van der Waals surface area contributed by atoms with Gasteiger partial charge in [0.15, 0.2) is 0 Å². The molecule has 2 amide bonds. The first kappa shape index (κ1) is 21.4. The Hall–Kier alpha value is -2.91. The van der Waals surface area contributed by atoms with Crippen LogP contribution in [0.5, 0.6) is 0 Å². The van der Waals surface area contributed by atoms with Gasteiger partial charge in [0.05, 0.1) is 16.3 Å². The van der Waals surface area contributed by atoms with E-state index in [9.17, 15) is 18.0 Å². The van der Waals surface area contributed by atoms with Gasteiger partial charge in [0.1, 0.15) is 12.1 Å². The van der Waals surface area contributed by atoms with Gasteiger partial charge < -0.3 is 10.5 Å². The largest absolute Gasteiger partial charge is 0.459 e. The van der Waals surface area contributed by atoms with E-state index in [1.807, 2.05) is 0 Å². The molecule has 0 atom stereocenters. The zero-order valence-corrected chi connectivity index (χ0v) is 16.7. The Morgan fingerprint density at radius 2 is 1.54 bits per heavy atom. The predicted molar refractivity (Wildman–Crippen MR) is 106 cm³/mol. The van der Waals surface area contributed by atoms with Crippen molar-refractivity contribution < 1.29 is 22.7 Å². The molecule has 0 fully saturated rings. The monoisotopic (exact) mass is 405 g/mol. The number of hydrogen-bond acceptors (Lipinski definition) is 5. The summed E-state index contributed by atoms with van der Waals surface area (Å²) in [7, 11) is -3.92. The van der Waals surface area contributed by atoms with Gasteiger partial charge in [0.2, 0.25) is 10.0 Å². The summed E-state index contributed by atoms with van der Waals surface area (Å²) in [4.78, 5) is 24.7. The van der Waals surface area contributed by atoms with Crippen molar-refractivity contribution in [3.05, 3.63) is 54.6 Å². The number of nitrogens with two attached hydrogens (primary N) is 1. The number of carbonyl (C=O) groups excluding carboxylic acids is 2. The standard InChI is InChI=1S/C19H23N3O5S/c1-19(2,3)27-17(23)13-21-28(25,26)16-11-9-15(10-12-16)22(18(20)24)14-7-5-4-6-8-14/h4-12,21H,13H2,1-3H3,(H2,20,24). The first-order valence-corrected chi connectivity index (χ1v) is 9.94. The van der Waals surface area contributed by atoms with Crippen LogP contribution >= 0.6 is 0 Å². The Balaban J connectivity index is 2.16. The van der Waals surface area contributed by atoms with Crippen LogP contribution in [0.3, 0.4) is 0 Å². The summed E-state index contributed by atoms with van der Waals surface area (Å²) in [5, 5.41) is 0. The number of benzene rings is 2. The number of anilines is 2. The van der Waals surface area contributed by atoms with E-state index in [1.165, 1.54) is 29.2 Å². The molecule has 9 heteroatoms. The number of nitrogens with one attached hydrogen (secondary N) is 1. The minimum atomic E-state index is -3.92. The number of urea groups is 1. The van der Waals surface area contributed by atoms with Gasteiger partial charge in [-0.05, 0) is 57.2 Å². The van der Waals surface area contributed by atoms with Crippen LogP contribution in [0.4, 0.5) is 16.2 Å². The van der Waals surface area contributed by atoms with Crippen molar-refractivity contribution in [2.45, 2.75) is 31.3 Å². The molecule has 2 aromatic rings. The lowest BCUT2D eigenvalue weighted by molar-refractivity contribution is -0.153. The number of amides is 2. The van der Waals surface area contributed by atoms with Crippen LogP contribution in [0.25, 0.3) is 0 Å². The van der Waals surface area contributed by atoms with Crippen LogP contribution in [-0.4, -0.2) is 32.6 Å². The van der Waals surface area contributed by atoms with Crippen LogP contribution < -0.4 is 15.4 Å². The highest BCUT2D eigenvalue weighted by Crippen LogP contribution is 2.26. The molecule has 0 unspecified atom stereocenters. The van der Waals surface area contributed by atoms with E-state index >= 15 is 0 Å². The van der Waals surface area contributed by atoms with Gasteiger partial charge in [-0.3, -0.25) is 9.69 Å². The number of ether oxygens (including phenoxy) is 1. The summed E-state index contributed by atoms with van der Waals surface area (Å²) in [5.41, 5.74) is 5.71. The molecule has 2 aromatic carbocycles. The van der Waals surface area contributed by atoms with Crippen LogP contribution in [0.1, 0.15) is 20.8 Å². The van der Waals surface area contributed by atoms with Crippen molar-refractivity contribution >= 4 is 33.4 Å². The number of sulfonamides is 1. The molecule has 0 spiro atoms. The van der Waals surface area contributed by atoms with Crippen molar-refractivity contribution in [1.29, 1.82) is 0 Å². The smallest absolute Gasteiger partial charge is 0.323 e. The Morgan fingerprint density at radius 3 is 2.04 bits per heavy atom. The molecule has 150 valence electrons. The van der Waals surface area contributed by atoms with Crippen LogP contribution in [0, 0.1) is 0 Å². The minimum Gasteiger partial charge on any atom is -0.459 e. The fourth-order valence-corrected chi connectivity index (χ4v) is 3.34. The molecular weight excluding hydrogens is 382 g/mol. The third kappa shape index (κ3) is 5.80. The Labute approximate surface area is 164 Å². The molecule has 8 nitrogen and oxygen atoms in total. The molecule has 0 heterocycles. The Bertz CT molecular complexity index is 936. The van der Waals surface area contributed by atoms with Gasteiger partial charge in [-0.25, -0.2) is 13.2 Å². The van der Waals surface area contributed by atoms with E-state index in [4.69, 9.17) is 10.5 Å². The lowest BCUT2D eigenvalue weighted by Gasteiger charge is -2.21. The summed E-state index contributed by atoms with van der Waals surface area (Å²) >= 11 is 0. The molecule has 0 saturated carbocycles. The molecule has 0 aliphatic carbocycles. The van der Waals surface area contributed by atoms with Crippen molar-refractivity contribution in [3.63, 3.8) is 0 Å². The van der Waals surface area contributed by atoms with Crippen molar-refractivity contribution in [3.8, 4) is 0 Å². The molecule has 2 rings (SSSR count). The highest BCUT2D eigenvalue weighted by Gasteiger charge is 2.21. The molecule has 0 radical (unpaired) electrons. The van der Waals surface area contributed by atoms with E-state index in [0.29, 0.717) is 11.4 Å². The maximum absolute atomic E-state index is 12.4. The van der Waals surface area contributed by atoms with E-state index < -0.39 is 34.2 Å². The van der Waals surface area contributed by atoms with Crippen molar-refractivity contribution in [1.82, 2.24) is 4.72 Å². The SMILES string of the molecule is CC(C)(C)OC(=O)CNS(=O)(=O)c1ccc(N(C(N)=O)c2ccccc2)cc1. The number of esters is 1. The average Bonchev–Trinajstić information content (AvgIpc) is 2.60. The molecular formula is C19H23N3O5S. The average molecular weight is 405 g/mol. The number of rotatable bonds is 6. The minimum absolute atomic E-state index is 0.0581. The van der Waals surface area contributed by atoms with Crippen LogP contribution in [0.15, 0.2) is 59.5 Å². The topological polar surface area (TPSA) is 119 Å². The van der Waals surface area contributed by atoms with Crippen molar-refractivity contribution in [2.75, 3.05) is 11.4 Å². The zero-order chi connectivity index (χ0) is 20.9. The van der Waals surface area contributed by atoms with E-state index in [1.54, 1.807) is 51.1 Å². The lowest BCUT2D eigenvalue weighted by atomic mass is 10.2. The summed E-state index contributed by atoms with van der Waals surface area (Å²) in [6, 6.07) is 13.6. The van der Waals surface area contributed by atoms with E-state index in [0.717, 1.165) is 0 Å². The summed E-state index contributed by atoms with van der Waals surface area (Å²) in [5.74, 6) is -0.684. The second-order valence-electron chi connectivity index (χ2n) is 6.91. The highest BCUT2D eigenvalue weighted by molar-refractivity contribution is 7.89. The van der Waals surface area contributed by atoms with Gasteiger partial charge in [-0.15, -0.1) is 0 Å². The summed E-state index contributed by atoms with van der Waals surface area (Å²) < 4.78 is 32.0. The summed E-state index contributed by atoms with van der Waals surface area (Å²) in [6.07, 6.45) is 0. The first-order chi connectivity index (χ1) is 13.0. The van der Waals surface area contributed by atoms with Crippen LogP contribution in [-0.2, 0) is 19.6 Å². The number of hydrogen-bond donors (Lipinski definition) is 2. The lowest BCUT2D eigenvalue weighted by Crippen LogP contribution is -2.34. The molecule has 0 aliphatic rings. The van der Waals surface area contributed by atoms with Gasteiger partial charge in [0, 0.05) is 0 Å². The molecule has 0 aliphatic heterocycles. The second kappa shape index (κ2) is 8.41. The molecule has 3 N–H and O–H groups in total. The molecule has 0 bridgehead atoms. The number of primary amides is 1. The van der Waals surface area contributed by atoms with Gasteiger partial charge in [0.25, 0.3) is 0 Å². The third-order valence-corrected chi connectivity index (χ3v) is 4.88. The first-order valence-electron chi connectivity index (χ1n) is 8.46. The zero-order valence-electron chi connectivity index (χ0n) is 15.9. The fourth-order valence-electron chi connectivity index (χ4n) is 2.37. The predicted octanol–water partition coefficient (Wildman–Crippen LogP) is 2.52.